The molecule has 0 saturated carbocycles. The number of hydrogen-bond donors (Lipinski definition) is 1. The SMILES string of the molecule is N#Cc1ccc(Cl)cc1NC1COc2ccccc21. The number of hydrogen-bond acceptors (Lipinski definition) is 3. The molecule has 1 atom stereocenters. The van der Waals surface area contributed by atoms with Crippen LogP contribution in [0.2, 0.25) is 5.02 Å². The van der Waals surface area contributed by atoms with Crippen LogP contribution in [0.3, 0.4) is 0 Å². The highest BCUT2D eigenvalue weighted by Crippen LogP contribution is 2.35. The van der Waals surface area contributed by atoms with Crippen LogP contribution in [-0.4, -0.2) is 6.61 Å². The molecule has 1 aliphatic heterocycles. The van der Waals surface area contributed by atoms with Gasteiger partial charge in [-0.15, -0.1) is 0 Å². The van der Waals surface area contributed by atoms with Crippen molar-refractivity contribution in [2.75, 3.05) is 11.9 Å². The quantitative estimate of drug-likeness (QED) is 0.904. The van der Waals surface area contributed by atoms with Crippen molar-refractivity contribution in [2.24, 2.45) is 0 Å². The number of fused-ring (bicyclic) bond motifs is 1. The molecule has 3 nitrogen and oxygen atoms in total. The summed E-state index contributed by atoms with van der Waals surface area (Å²) >= 11 is 5.98. The van der Waals surface area contributed by atoms with Gasteiger partial charge in [0.2, 0.25) is 0 Å². The van der Waals surface area contributed by atoms with Crippen molar-refractivity contribution in [3.05, 3.63) is 58.6 Å². The Balaban J connectivity index is 1.92. The molecule has 0 spiro atoms. The van der Waals surface area contributed by atoms with Crippen molar-refractivity contribution in [1.82, 2.24) is 0 Å². The minimum Gasteiger partial charge on any atom is -0.491 e. The van der Waals surface area contributed by atoms with Crippen LogP contribution in [0, 0.1) is 11.3 Å². The highest BCUT2D eigenvalue weighted by molar-refractivity contribution is 6.30. The number of nitrogens with zero attached hydrogens (tertiary/aromatic N) is 1. The zero-order chi connectivity index (χ0) is 13.2. The Kier molecular flexibility index (Phi) is 3.02. The van der Waals surface area contributed by atoms with Gasteiger partial charge in [0.05, 0.1) is 17.3 Å². The van der Waals surface area contributed by atoms with E-state index in [-0.39, 0.29) is 6.04 Å². The lowest BCUT2D eigenvalue weighted by atomic mass is 10.1. The van der Waals surface area contributed by atoms with Crippen molar-refractivity contribution in [3.8, 4) is 11.8 Å². The average Bonchev–Trinajstić information content (AvgIpc) is 2.83. The number of para-hydroxylation sites is 1. The number of benzene rings is 2. The first-order valence-corrected chi connectivity index (χ1v) is 6.33. The van der Waals surface area contributed by atoms with Crippen LogP contribution >= 0.6 is 11.6 Å². The molecule has 1 unspecified atom stereocenters. The number of nitriles is 1. The topological polar surface area (TPSA) is 45.0 Å². The third-order valence-electron chi connectivity index (χ3n) is 3.13. The Morgan fingerprint density at radius 3 is 2.95 bits per heavy atom. The Morgan fingerprint density at radius 2 is 2.11 bits per heavy atom. The summed E-state index contributed by atoms with van der Waals surface area (Å²) < 4.78 is 5.61. The molecule has 19 heavy (non-hydrogen) atoms. The van der Waals surface area contributed by atoms with Gasteiger partial charge in [0, 0.05) is 10.6 Å². The van der Waals surface area contributed by atoms with E-state index in [1.54, 1.807) is 18.2 Å². The van der Waals surface area contributed by atoms with Gasteiger partial charge in [-0.3, -0.25) is 0 Å². The molecule has 2 aromatic rings. The minimum atomic E-state index is 0.0433. The summed E-state index contributed by atoms with van der Waals surface area (Å²) in [5.74, 6) is 0.889. The van der Waals surface area contributed by atoms with Gasteiger partial charge in [-0.05, 0) is 24.3 Å². The highest BCUT2D eigenvalue weighted by Gasteiger charge is 2.24. The first-order valence-electron chi connectivity index (χ1n) is 5.96. The van der Waals surface area contributed by atoms with E-state index < -0.39 is 0 Å². The minimum absolute atomic E-state index is 0.0433. The number of ether oxygens (including phenoxy) is 1. The molecular formula is C15H11ClN2O. The maximum atomic E-state index is 9.11. The predicted octanol–water partition coefficient (Wildman–Crippen LogP) is 3.76. The monoisotopic (exact) mass is 270 g/mol. The molecule has 0 fully saturated rings. The Bertz CT molecular complexity index is 663. The van der Waals surface area contributed by atoms with Crippen molar-refractivity contribution in [2.45, 2.75) is 6.04 Å². The van der Waals surface area contributed by atoms with Gasteiger partial charge in [-0.25, -0.2) is 0 Å². The van der Waals surface area contributed by atoms with E-state index in [2.05, 4.69) is 11.4 Å². The van der Waals surface area contributed by atoms with Crippen LogP contribution in [-0.2, 0) is 0 Å². The molecule has 0 aliphatic carbocycles. The third kappa shape index (κ3) is 2.23. The summed E-state index contributed by atoms with van der Waals surface area (Å²) in [5, 5.41) is 13.0. The zero-order valence-electron chi connectivity index (χ0n) is 10.1. The van der Waals surface area contributed by atoms with E-state index in [9.17, 15) is 0 Å². The molecule has 0 saturated heterocycles. The van der Waals surface area contributed by atoms with E-state index in [1.165, 1.54) is 0 Å². The summed E-state index contributed by atoms with van der Waals surface area (Å²) in [7, 11) is 0. The molecule has 1 N–H and O–H groups in total. The Morgan fingerprint density at radius 1 is 1.26 bits per heavy atom. The molecule has 0 radical (unpaired) electrons. The summed E-state index contributed by atoms with van der Waals surface area (Å²) in [6.45, 7) is 0.552. The van der Waals surface area contributed by atoms with Crippen LogP contribution in [0.15, 0.2) is 42.5 Å². The van der Waals surface area contributed by atoms with Gasteiger partial charge in [-0.2, -0.15) is 5.26 Å². The molecular weight excluding hydrogens is 260 g/mol. The summed E-state index contributed by atoms with van der Waals surface area (Å²) in [5.41, 5.74) is 2.42. The largest absolute Gasteiger partial charge is 0.491 e. The van der Waals surface area contributed by atoms with E-state index in [0.29, 0.717) is 17.2 Å². The van der Waals surface area contributed by atoms with Crippen LogP contribution in [0.5, 0.6) is 5.75 Å². The zero-order valence-corrected chi connectivity index (χ0v) is 10.8. The fourth-order valence-corrected chi connectivity index (χ4v) is 2.38. The van der Waals surface area contributed by atoms with E-state index in [1.807, 2.05) is 24.3 Å². The first-order chi connectivity index (χ1) is 9.28. The maximum absolute atomic E-state index is 9.11. The molecule has 0 aromatic heterocycles. The lowest BCUT2D eigenvalue weighted by Gasteiger charge is -2.14. The van der Waals surface area contributed by atoms with Gasteiger partial charge >= 0.3 is 0 Å². The van der Waals surface area contributed by atoms with E-state index in [0.717, 1.165) is 17.0 Å². The lowest BCUT2D eigenvalue weighted by Crippen LogP contribution is -2.12. The smallest absolute Gasteiger partial charge is 0.124 e. The second kappa shape index (κ2) is 4.83. The van der Waals surface area contributed by atoms with Crippen LogP contribution in [0.25, 0.3) is 0 Å². The van der Waals surface area contributed by atoms with Crippen molar-refractivity contribution in [3.63, 3.8) is 0 Å². The lowest BCUT2D eigenvalue weighted by molar-refractivity contribution is 0.340. The molecule has 4 heteroatoms. The maximum Gasteiger partial charge on any atom is 0.124 e. The van der Waals surface area contributed by atoms with Crippen LogP contribution in [0.4, 0.5) is 5.69 Å². The molecule has 3 rings (SSSR count). The van der Waals surface area contributed by atoms with Crippen molar-refractivity contribution < 1.29 is 4.74 Å². The van der Waals surface area contributed by atoms with E-state index >= 15 is 0 Å². The molecule has 1 aliphatic rings. The second-order valence-corrected chi connectivity index (χ2v) is 4.78. The normalized spacial score (nSPS) is 16.3. The summed E-state index contributed by atoms with van der Waals surface area (Å²) in [6, 6.07) is 15.3. The molecule has 0 bridgehead atoms. The van der Waals surface area contributed by atoms with Gasteiger partial charge < -0.3 is 10.1 Å². The highest BCUT2D eigenvalue weighted by atomic mass is 35.5. The van der Waals surface area contributed by atoms with Crippen LogP contribution < -0.4 is 10.1 Å². The van der Waals surface area contributed by atoms with Crippen molar-refractivity contribution >= 4 is 17.3 Å². The number of rotatable bonds is 2. The summed E-state index contributed by atoms with van der Waals surface area (Å²) in [6.07, 6.45) is 0. The molecule has 94 valence electrons. The molecule has 1 heterocycles. The van der Waals surface area contributed by atoms with E-state index in [4.69, 9.17) is 21.6 Å². The first kappa shape index (κ1) is 11.9. The second-order valence-electron chi connectivity index (χ2n) is 4.35. The Labute approximate surface area is 116 Å². The Hall–Kier alpha value is -2.18. The van der Waals surface area contributed by atoms with Gasteiger partial charge in [0.1, 0.15) is 18.4 Å². The predicted molar refractivity (Wildman–Crippen MR) is 74.5 cm³/mol. The number of nitrogens with one attached hydrogen (secondary N) is 1. The average molecular weight is 271 g/mol. The van der Waals surface area contributed by atoms with Gasteiger partial charge in [0.25, 0.3) is 0 Å². The standard InChI is InChI=1S/C15H11ClN2O/c16-11-6-5-10(8-17)13(7-11)18-14-9-19-15-4-2-1-3-12(14)15/h1-7,14,18H,9H2. The fourth-order valence-electron chi connectivity index (χ4n) is 2.20. The fraction of sp³-hybridized carbons (Fsp3) is 0.133. The van der Waals surface area contributed by atoms with Gasteiger partial charge in [-0.1, -0.05) is 29.8 Å². The van der Waals surface area contributed by atoms with Crippen molar-refractivity contribution in [1.29, 1.82) is 5.26 Å². The van der Waals surface area contributed by atoms with Gasteiger partial charge in [0.15, 0.2) is 0 Å². The number of anilines is 1. The summed E-state index contributed by atoms with van der Waals surface area (Å²) in [4.78, 5) is 0. The molecule has 2 aromatic carbocycles. The third-order valence-corrected chi connectivity index (χ3v) is 3.37. The number of halogens is 1. The molecule has 0 amide bonds. The van der Waals surface area contributed by atoms with Crippen LogP contribution in [0.1, 0.15) is 17.2 Å².